The molecule has 1 aromatic carbocycles. The lowest BCUT2D eigenvalue weighted by Gasteiger charge is -2.10. The van der Waals surface area contributed by atoms with E-state index in [0.29, 0.717) is 10.6 Å². The average molecular weight is 240 g/mol. The Labute approximate surface area is 96.2 Å². The molecule has 0 saturated carbocycles. The molecule has 1 N–H and O–H groups in total. The highest BCUT2D eigenvalue weighted by Gasteiger charge is 2.31. The van der Waals surface area contributed by atoms with Crippen LogP contribution in [0.2, 0.25) is 5.02 Å². The summed E-state index contributed by atoms with van der Waals surface area (Å²) in [6.45, 7) is 0.118. The molecule has 1 aliphatic rings. The molecule has 16 heavy (non-hydrogen) atoms. The molecule has 1 fully saturated rings. The highest BCUT2D eigenvalue weighted by molar-refractivity contribution is 6.30. The van der Waals surface area contributed by atoms with Gasteiger partial charge < -0.3 is 5.32 Å². The number of carbonyl (C=O) groups is 1. The van der Waals surface area contributed by atoms with Gasteiger partial charge in [0.25, 0.3) is 0 Å². The van der Waals surface area contributed by atoms with Crippen molar-refractivity contribution < 1.29 is 9.18 Å². The Balaban J connectivity index is 2.30. The molecule has 0 radical (unpaired) electrons. The predicted molar refractivity (Wildman–Crippen MR) is 55.0 cm³/mol. The monoisotopic (exact) mass is 239 g/mol. The van der Waals surface area contributed by atoms with E-state index < -0.39 is 17.9 Å². The van der Waals surface area contributed by atoms with E-state index in [9.17, 15) is 9.18 Å². The minimum atomic E-state index is -0.536. The molecule has 0 aliphatic carbocycles. The van der Waals surface area contributed by atoms with E-state index >= 15 is 0 Å². The second-order valence-corrected chi connectivity index (χ2v) is 3.81. The summed E-state index contributed by atoms with van der Waals surface area (Å²) in [6.07, 6.45) is 1.71. The zero-order valence-corrected chi connectivity index (χ0v) is 8.83. The fourth-order valence-electron chi connectivity index (χ4n) is 1.58. The zero-order valence-electron chi connectivity index (χ0n) is 8.08. The number of hydrogen-bond acceptors (Lipinski definition) is 2. The Bertz CT molecular complexity index is 485. The first kappa shape index (κ1) is 10.7. The van der Waals surface area contributed by atoms with Crippen LogP contribution >= 0.6 is 11.6 Å². The van der Waals surface area contributed by atoms with Crippen molar-refractivity contribution in [3.63, 3.8) is 0 Å². The van der Waals surface area contributed by atoms with Crippen LogP contribution in [0.4, 0.5) is 9.18 Å². The van der Waals surface area contributed by atoms with E-state index in [2.05, 4.69) is 5.32 Å². The molecule has 1 heterocycles. The smallest absolute Gasteiger partial charge is 0.328 e. The molecule has 2 amide bonds. The molecule has 1 saturated heterocycles. The SMILES string of the molecule is N#CN1CC(c2cc(Cl)ccc2F)NC1=O. The molecule has 0 spiro atoms. The third-order valence-electron chi connectivity index (χ3n) is 2.36. The molecule has 2 rings (SSSR count). The van der Waals surface area contributed by atoms with Gasteiger partial charge in [0.2, 0.25) is 0 Å². The van der Waals surface area contributed by atoms with Crippen molar-refractivity contribution in [1.82, 2.24) is 10.2 Å². The van der Waals surface area contributed by atoms with Crippen molar-refractivity contribution >= 4 is 17.6 Å². The van der Waals surface area contributed by atoms with Crippen molar-refractivity contribution in [2.45, 2.75) is 6.04 Å². The minimum Gasteiger partial charge on any atom is -0.328 e. The third kappa shape index (κ3) is 1.79. The highest BCUT2D eigenvalue weighted by Crippen LogP contribution is 2.25. The summed E-state index contributed by atoms with van der Waals surface area (Å²) in [5, 5.41) is 11.5. The molecule has 1 aromatic rings. The Kier molecular flexibility index (Phi) is 2.67. The number of benzene rings is 1. The first-order chi connectivity index (χ1) is 7.61. The van der Waals surface area contributed by atoms with E-state index in [1.165, 1.54) is 18.2 Å². The van der Waals surface area contributed by atoms with Crippen molar-refractivity contribution in [3.8, 4) is 6.19 Å². The molecular formula is C10H7ClFN3O. The zero-order chi connectivity index (χ0) is 11.7. The van der Waals surface area contributed by atoms with E-state index in [1.54, 1.807) is 6.19 Å². The van der Waals surface area contributed by atoms with Gasteiger partial charge >= 0.3 is 6.03 Å². The number of amides is 2. The van der Waals surface area contributed by atoms with Crippen LogP contribution < -0.4 is 5.32 Å². The lowest BCUT2D eigenvalue weighted by molar-refractivity contribution is 0.232. The molecule has 82 valence electrons. The molecule has 6 heteroatoms. The van der Waals surface area contributed by atoms with Crippen LogP contribution in [-0.4, -0.2) is 17.5 Å². The van der Waals surface area contributed by atoms with Gasteiger partial charge in [0.15, 0.2) is 6.19 Å². The van der Waals surface area contributed by atoms with Gasteiger partial charge in [0, 0.05) is 10.6 Å². The Morgan fingerprint density at radius 2 is 2.38 bits per heavy atom. The lowest BCUT2D eigenvalue weighted by atomic mass is 10.1. The Morgan fingerprint density at radius 1 is 1.62 bits per heavy atom. The maximum atomic E-state index is 13.5. The summed E-state index contributed by atoms with van der Waals surface area (Å²) in [5.41, 5.74) is 0.290. The molecule has 0 aromatic heterocycles. The van der Waals surface area contributed by atoms with Crippen LogP contribution in [0.25, 0.3) is 0 Å². The van der Waals surface area contributed by atoms with Gasteiger partial charge in [-0.3, -0.25) is 0 Å². The average Bonchev–Trinajstić information content (AvgIpc) is 2.63. The number of halogens is 2. The molecule has 1 aliphatic heterocycles. The van der Waals surface area contributed by atoms with Crippen LogP contribution in [-0.2, 0) is 0 Å². The summed E-state index contributed by atoms with van der Waals surface area (Å²) < 4.78 is 13.5. The quantitative estimate of drug-likeness (QED) is 0.763. The van der Waals surface area contributed by atoms with Crippen LogP contribution in [0.1, 0.15) is 11.6 Å². The second-order valence-electron chi connectivity index (χ2n) is 3.38. The standard InChI is InChI=1S/C10H7ClFN3O/c11-6-1-2-8(12)7(3-6)9-4-15(5-13)10(16)14-9/h1-3,9H,4H2,(H,14,16). The molecular weight excluding hydrogens is 233 g/mol. The lowest BCUT2D eigenvalue weighted by Crippen LogP contribution is -2.23. The topological polar surface area (TPSA) is 56.1 Å². The van der Waals surface area contributed by atoms with Crippen LogP contribution in [0.5, 0.6) is 0 Å². The number of hydrogen-bond donors (Lipinski definition) is 1. The first-order valence-electron chi connectivity index (χ1n) is 4.54. The summed E-state index contributed by atoms with van der Waals surface area (Å²) in [4.78, 5) is 12.2. The molecule has 0 bridgehead atoms. The fraction of sp³-hybridized carbons (Fsp3) is 0.200. The Morgan fingerprint density at radius 3 is 3.00 bits per heavy atom. The predicted octanol–water partition coefficient (Wildman–Crippen LogP) is 2.03. The van der Waals surface area contributed by atoms with Crippen LogP contribution in [0.15, 0.2) is 18.2 Å². The number of nitrogens with one attached hydrogen (secondary N) is 1. The summed E-state index contributed by atoms with van der Waals surface area (Å²) in [6, 6.07) is 3.05. The summed E-state index contributed by atoms with van der Waals surface area (Å²) >= 11 is 5.74. The van der Waals surface area contributed by atoms with Gasteiger partial charge in [-0.15, -0.1) is 0 Å². The van der Waals surface area contributed by atoms with Crippen molar-refractivity contribution in [2.75, 3.05) is 6.54 Å². The largest absolute Gasteiger partial charge is 0.331 e. The Hall–Kier alpha value is -1.80. The second kappa shape index (κ2) is 3.99. The number of nitrogens with zero attached hydrogens (tertiary/aromatic N) is 2. The van der Waals surface area contributed by atoms with Gasteiger partial charge in [-0.05, 0) is 18.2 Å². The number of rotatable bonds is 1. The maximum absolute atomic E-state index is 13.5. The van der Waals surface area contributed by atoms with Gasteiger partial charge in [0.1, 0.15) is 5.82 Å². The van der Waals surface area contributed by atoms with Crippen LogP contribution in [0.3, 0.4) is 0 Å². The van der Waals surface area contributed by atoms with Crippen molar-refractivity contribution in [1.29, 1.82) is 5.26 Å². The van der Waals surface area contributed by atoms with Crippen LogP contribution in [0, 0.1) is 17.3 Å². The van der Waals surface area contributed by atoms with Crippen molar-refractivity contribution in [2.24, 2.45) is 0 Å². The first-order valence-corrected chi connectivity index (χ1v) is 4.92. The number of urea groups is 1. The highest BCUT2D eigenvalue weighted by atomic mass is 35.5. The molecule has 1 atom stereocenters. The van der Waals surface area contributed by atoms with Gasteiger partial charge in [-0.25, -0.2) is 14.1 Å². The van der Waals surface area contributed by atoms with E-state index in [4.69, 9.17) is 16.9 Å². The van der Waals surface area contributed by atoms with E-state index in [1.807, 2.05) is 0 Å². The van der Waals surface area contributed by atoms with E-state index in [-0.39, 0.29) is 6.54 Å². The number of nitriles is 1. The van der Waals surface area contributed by atoms with Crippen molar-refractivity contribution in [3.05, 3.63) is 34.6 Å². The minimum absolute atomic E-state index is 0.118. The summed E-state index contributed by atoms with van der Waals surface area (Å²) in [7, 11) is 0. The molecule has 1 unspecified atom stereocenters. The normalized spacial score (nSPS) is 19.4. The third-order valence-corrected chi connectivity index (χ3v) is 2.60. The summed E-state index contributed by atoms with van der Waals surface area (Å²) in [5.74, 6) is -0.450. The van der Waals surface area contributed by atoms with Gasteiger partial charge in [-0.1, -0.05) is 11.6 Å². The van der Waals surface area contributed by atoms with Gasteiger partial charge in [0.05, 0.1) is 12.6 Å². The maximum Gasteiger partial charge on any atom is 0.331 e. The number of carbonyl (C=O) groups excluding carboxylic acids is 1. The fourth-order valence-corrected chi connectivity index (χ4v) is 1.76. The van der Waals surface area contributed by atoms with E-state index in [0.717, 1.165) is 4.90 Å². The molecule has 4 nitrogen and oxygen atoms in total. The van der Waals surface area contributed by atoms with Gasteiger partial charge in [-0.2, -0.15) is 5.26 Å².